The predicted molar refractivity (Wildman–Crippen MR) is 54.4 cm³/mol. The molecule has 4 heteroatoms. The third-order valence-corrected chi connectivity index (χ3v) is 2.32. The van der Waals surface area contributed by atoms with Gasteiger partial charge in [-0.05, 0) is 12.1 Å². The van der Waals surface area contributed by atoms with Gasteiger partial charge in [0.25, 0.3) is 0 Å². The highest BCUT2D eigenvalue weighted by Crippen LogP contribution is 2.20. The molecular weight excluding hydrogens is 197 g/mol. The Balaban J connectivity index is 2.69. The van der Waals surface area contributed by atoms with Crippen LogP contribution in [-0.2, 0) is 11.5 Å². The molecule has 0 saturated carbocycles. The van der Waals surface area contributed by atoms with E-state index in [4.69, 9.17) is 0 Å². The van der Waals surface area contributed by atoms with E-state index < -0.39 is 12.8 Å². The van der Waals surface area contributed by atoms with Crippen LogP contribution in [0.25, 0.3) is 10.9 Å². The summed E-state index contributed by atoms with van der Waals surface area (Å²) in [5.74, 6) is -0.524. The van der Waals surface area contributed by atoms with Crippen molar-refractivity contribution in [1.82, 2.24) is 4.57 Å². The first-order valence-electron chi connectivity index (χ1n) is 4.50. The van der Waals surface area contributed by atoms with E-state index in [2.05, 4.69) is 4.74 Å². The van der Waals surface area contributed by atoms with E-state index in [0.29, 0.717) is 5.52 Å². The van der Waals surface area contributed by atoms with E-state index in [1.54, 1.807) is 18.2 Å². The van der Waals surface area contributed by atoms with Crippen molar-refractivity contribution >= 4 is 16.9 Å². The highest BCUT2D eigenvalue weighted by Gasteiger charge is 2.14. The van der Waals surface area contributed by atoms with Crippen molar-refractivity contribution in [2.24, 2.45) is 0 Å². The van der Waals surface area contributed by atoms with Crippen LogP contribution in [0, 0.1) is 0 Å². The molecule has 0 bridgehead atoms. The maximum atomic E-state index is 12.8. The van der Waals surface area contributed by atoms with Crippen molar-refractivity contribution in [3.05, 3.63) is 36.0 Å². The Morgan fingerprint density at radius 3 is 2.87 bits per heavy atom. The number of methoxy groups -OCH3 is 1. The number of esters is 1. The summed E-state index contributed by atoms with van der Waals surface area (Å²) in [6.45, 7) is -0.738. The number of halogens is 1. The quantitative estimate of drug-likeness (QED) is 0.708. The first-order valence-corrected chi connectivity index (χ1v) is 4.50. The first kappa shape index (κ1) is 9.71. The van der Waals surface area contributed by atoms with Gasteiger partial charge in [0, 0.05) is 5.39 Å². The van der Waals surface area contributed by atoms with E-state index in [9.17, 15) is 9.18 Å². The summed E-state index contributed by atoms with van der Waals surface area (Å²) in [6, 6.07) is 8.86. The van der Waals surface area contributed by atoms with Crippen LogP contribution >= 0.6 is 0 Å². The minimum Gasteiger partial charge on any atom is -0.464 e. The Labute approximate surface area is 86.1 Å². The molecule has 2 rings (SSSR count). The van der Waals surface area contributed by atoms with Crippen LogP contribution in [0.4, 0.5) is 4.39 Å². The summed E-state index contributed by atoms with van der Waals surface area (Å²) < 4.78 is 18.7. The maximum absolute atomic E-state index is 12.8. The topological polar surface area (TPSA) is 31.2 Å². The Morgan fingerprint density at radius 2 is 2.20 bits per heavy atom. The number of hydrogen-bond donors (Lipinski definition) is 0. The van der Waals surface area contributed by atoms with E-state index in [0.717, 1.165) is 5.39 Å². The van der Waals surface area contributed by atoms with Crippen LogP contribution in [0.15, 0.2) is 30.3 Å². The third kappa shape index (κ3) is 1.48. The highest BCUT2D eigenvalue weighted by molar-refractivity contribution is 5.95. The molecule has 0 aliphatic heterocycles. The minimum absolute atomic E-state index is 0.237. The van der Waals surface area contributed by atoms with Gasteiger partial charge in [0.2, 0.25) is 0 Å². The smallest absolute Gasteiger partial charge is 0.354 e. The van der Waals surface area contributed by atoms with Crippen LogP contribution < -0.4 is 0 Å². The molecule has 1 aromatic heterocycles. The number of carbonyl (C=O) groups excluding carboxylic acids is 1. The standard InChI is InChI=1S/C11H10FNO2/c1-15-11(14)10-6-8-4-2-3-5-9(8)13(10)7-12/h2-6H,7H2,1H3. The molecule has 0 radical (unpaired) electrons. The zero-order chi connectivity index (χ0) is 10.8. The number of aromatic nitrogens is 1. The molecule has 15 heavy (non-hydrogen) atoms. The Bertz CT molecular complexity index is 504. The molecule has 0 atom stereocenters. The average molecular weight is 207 g/mol. The lowest BCUT2D eigenvalue weighted by atomic mass is 10.2. The molecule has 0 N–H and O–H groups in total. The van der Waals surface area contributed by atoms with Gasteiger partial charge in [0.05, 0.1) is 12.6 Å². The molecule has 0 aliphatic rings. The number of carbonyl (C=O) groups is 1. The third-order valence-electron chi connectivity index (χ3n) is 2.32. The van der Waals surface area contributed by atoms with Crippen LogP contribution in [0.2, 0.25) is 0 Å². The van der Waals surface area contributed by atoms with Gasteiger partial charge >= 0.3 is 5.97 Å². The molecule has 0 amide bonds. The number of fused-ring (bicyclic) bond motifs is 1. The molecule has 2 aromatic rings. The van der Waals surface area contributed by atoms with Gasteiger partial charge in [0.1, 0.15) is 5.69 Å². The van der Waals surface area contributed by atoms with Crippen molar-refractivity contribution in [2.75, 3.05) is 7.11 Å². The van der Waals surface area contributed by atoms with Crippen molar-refractivity contribution in [2.45, 2.75) is 6.80 Å². The molecular formula is C11H10FNO2. The fourth-order valence-electron chi connectivity index (χ4n) is 1.61. The lowest BCUT2D eigenvalue weighted by Crippen LogP contribution is -2.08. The summed E-state index contributed by atoms with van der Waals surface area (Å²) in [6.07, 6.45) is 0. The molecule has 1 aromatic carbocycles. The second kappa shape index (κ2) is 3.73. The SMILES string of the molecule is COC(=O)c1cc2ccccc2n1CF. The molecule has 0 unspecified atom stereocenters. The normalized spacial score (nSPS) is 10.5. The number of benzene rings is 1. The molecule has 0 saturated heterocycles. The summed E-state index contributed by atoms with van der Waals surface area (Å²) in [4.78, 5) is 11.4. The molecule has 0 fully saturated rings. The summed E-state index contributed by atoms with van der Waals surface area (Å²) in [5, 5.41) is 0.829. The van der Waals surface area contributed by atoms with Gasteiger partial charge in [-0.1, -0.05) is 18.2 Å². The fourth-order valence-corrected chi connectivity index (χ4v) is 1.61. The van der Waals surface area contributed by atoms with Crippen LogP contribution in [0.3, 0.4) is 0 Å². The van der Waals surface area contributed by atoms with Crippen LogP contribution in [0.1, 0.15) is 10.5 Å². The van der Waals surface area contributed by atoms with Crippen molar-refractivity contribution in [1.29, 1.82) is 0 Å². The van der Waals surface area contributed by atoms with E-state index in [1.807, 2.05) is 12.1 Å². The number of ether oxygens (including phenoxy) is 1. The van der Waals surface area contributed by atoms with Gasteiger partial charge in [-0.2, -0.15) is 0 Å². The van der Waals surface area contributed by atoms with Crippen LogP contribution in [0.5, 0.6) is 0 Å². The van der Waals surface area contributed by atoms with Gasteiger partial charge in [-0.15, -0.1) is 0 Å². The lowest BCUT2D eigenvalue weighted by molar-refractivity contribution is 0.0585. The average Bonchev–Trinajstić information content (AvgIpc) is 2.66. The number of nitrogens with zero attached hydrogens (tertiary/aromatic N) is 1. The lowest BCUT2D eigenvalue weighted by Gasteiger charge is -2.03. The van der Waals surface area contributed by atoms with Gasteiger partial charge in [-0.3, -0.25) is 0 Å². The summed E-state index contributed by atoms with van der Waals surface area (Å²) in [5.41, 5.74) is 0.932. The van der Waals surface area contributed by atoms with Gasteiger partial charge in [-0.25, -0.2) is 9.18 Å². The number of para-hydroxylation sites is 1. The number of rotatable bonds is 2. The second-order valence-corrected chi connectivity index (χ2v) is 3.13. The van der Waals surface area contributed by atoms with Crippen LogP contribution in [-0.4, -0.2) is 17.6 Å². The molecule has 1 heterocycles. The Morgan fingerprint density at radius 1 is 1.47 bits per heavy atom. The molecule has 78 valence electrons. The van der Waals surface area contributed by atoms with Gasteiger partial charge in [0.15, 0.2) is 6.80 Å². The monoisotopic (exact) mass is 207 g/mol. The Kier molecular flexibility index (Phi) is 2.41. The highest BCUT2D eigenvalue weighted by atomic mass is 19.1. The second-order valence-electron chi connectivity index (χ2n) is 3.13. The van der Waals surface area contributed by atoms with Gasteiger partial charge < -0.3 is 9.30 Å². The van der Waals surface area contributed by atoms with E-state index in [-0.39, 0.29) is 5.69 Å². The largest absolute Gasteiger partial charge is 0.464 e. The molecule has 0 aliphatic carbocycles. The Hall–Kier alpha value is -1.84. The maximum Gasteiger partial charge on any atom is 0.354 e. The van der Waals surface area contributed by atoms with E-state index in [1.165, 1.54) is 11.7 Å². The fraction of sp³-hybridized carbons (Fsp3) is 0.182. The zero-order valence-corrected chi connectivity index (χ0v) is 8.24. The van der Waals surface area contributed by atoms with Crippen molar-refractivity contribution in [3.63, 3.8) is 0 Å². The summed E-state index contributed by atoms with van der Waals surface area (Å²) in [7, 11) is 1.28. The van der Waals surface area contributed by atoms with Crippen molar-refractivity contribution < 1.29 is 13.9 Å². The zero-order valence-electron chi connectivity index (χ0n) is 8.24. The summed E-state index contributed by atoms with van der Waals surface area (Å²) >= 11 is 0. The molecule has 3 nitrogen and oxygen atoms in total. The predicted octanol–water partition coefficient (Wildman–Crippen LogP) is 2.35. The number of hydrogen-bond acceptors (Lipinski definition) is 2. The first-order chi connectivity index (χ1) is 7.27. The van der Waals surface area contributed by atoms with E-state index >= 15 is 0 Å². The minimum atomic E-state index is -0.738. The van der Waals surface area contributed by atoms with Crippen molar-refractivity contribution in [3.8, 4) is 0 Å². The number of alkyl halides is 1. The molecule has 0 spiro atoms.